The van der Waals surface area contributed by atoms with E-state index >= 15 is 0 Å². The topological polar surface area (TPSA) is 70.6 Å². The summed E-state index contributed by atoms with van der Waals surface area (Å²) in [5, 5.41) is 2.97. The Morgan fingerprint density at radius 1 is 1.03 bits per heavy atom. The highest BCUT2D eigenvalue weighted by Crippen LogP contribution is 2.25. The van der Waals surface area contributed by atoms with Crippen molar-refractivity contribution in [3.05, 3.63) is 66.5 Å². The summed E-state index contributed by atoms with van der Waals surface area (Å²) in [5.74, 6) is 1.56. The third kappa shape index (κ3) is 4.94. The van der Waals surface area contributed by atoms with Crippen LogP contribution in [0, 0.1) is 6.92 Å². The van der Waals surface area contributed by atoms with Crippen LogP contribution in [0.3, 0.4) is 0 Å². The van der Waals surface area contributed by atoms with Crippen LogP contribution in [0.1, 0.15) is 12.5 Å². The Morgan fingerprint density at radius 2 is 1.77 bits per heavy atom. The number of benzene rings is 2. The number of carbonyl (C=O) groups excluding carboxylic acids is 1. The average Bonchev–Trinajstić information content (AvgIpc) is 2.81. The lowest BCUT2D eigenvalue weighted by Crippen LogP contribution is -2.50. The molecule has 2 heterocycles. The van der Waals surface area contributed by atoms with Gasteiger partial charge >= 0.3 is 6.03 Å². The maximum atomic E-state index is 12.7. The summed E-state index contributed by atoms with van der Waals surface area (Å²) in [6, 6.07) is 17.7. The van der Waals surface area contributed by atoms with Crippen LogP contribution in [-0.2, 0) is 0 Å². The highest BCUT2D eigenvalue weighted by atomic mass is 16.5. The number of aromatic nitrogens is 2. The van der Waals surface area contributed by atoms with Gasteiger partial charge in [0.05, 0.1) is 18.0 Å². The Bertz CT molecular complexity index is 1030. The first-order valence-corrected chi connectivity index (χ1v) is 10.6. The van der Waals surface area contributed by atoms with E-state index in [9.17, 15) is 4.79 Å². The monoisotopic (exact) mass is 417 g/mol. The molecule has 0 aliphatic carbocycles. The molecular formula is C24H27N5O2. The highest BCUT2D eigenvalue weighted by molar-refractivity contribution is 5.91. The smallest absolute Gasteiger partial charge is 0.322 e. The van der Waals surface area contributed by atoms with Gasteiger partial charge in [-0.25, -0.2) is 14.8 Å². The number of rotatable bonds is 5. The van der Waals surface area contributed by atoms with E-state index < -0.39 is 0 Å². The van der Waals surface area contributed by atoms with Crippen molar-refractivity contribution in [1.29, 1.82) is 0 Å². The number of hydrogen-bond acceptors (Lipinski definition) is 5. The van der Waals surface area contributed by atoms with Crippen LogP contribution in [0.15, 0.2) is 60.9 Å². The summed E-state index contributed by atoms with van der Waals surface area (Å²) in [5.41, 5.74) is 3.88. The third-order valence-corrected chi connectivity index (χ3v) is 5.32. The van der Waals surface area contributed by atoms with Gasteiger partial charge in [0.2, 0.25) is 0 Å². The molecule has 0 spiro atoms. The lowest BCUT2D eigenvalue weighted by Gasteiger charge is -2.35. The molecule has 7 heteroatoms. The minimum atomic E-state index is -0.116. The van der Waals surface area contributed by atoms with Crippen LogP contribution < -0.4 is 15.0 Å². The normalized spacial score (nSPS) is 13.7. The summed E-state index contributed by atoms with van der Waals surface area (Å²) < 4.78 is 5.60. The maximum absolute atomic E-state index is 12.7. The van der Waals surface area contributed by atoms with E-state index in [0.29, 0.717) is 44.2 Å². The number of amides is 2. The second-order valence-corrected chi connectivity index (χ2v) is 7.46. The van der Waals surface area contributed by atoms with Gasteiger partial charge in [-0.3, -0.25) is 0 Å². The first kappa shape index (κ1) is 20.7. The SMILES string of the molecule is CCOc1ccccc1NC(=O)N1CCN(c2cc(-c3ccc(C)cc3)ncn2)CC1. The molecule has 7 nitrogen and oxygen atoms in total. The van der Waals surface area contributed by atoms with Crippen molar-refractivity contribution in [1.82, 2.24) is 14.9 Å². The quantitative estimate of drug-likeness (QED) is 0.674. The molecule has 0 radical (unpaired) electrons. The molecule has 160 valence electrons. The molecule has 1 N–H and O–H groups in total. The molecule has 31 heavy (non-hydrogen) atoms. The molecule has 1 fully saturated rings. The van der Waals surface area contributed by atoms with Gasteiger partial charge in [-0.15, -0.1) is 0 Å². The first-order chi connectivity index (χ1) is 15.1. The Morgan fingerprint density at radius 3 is 2.52 bits per heavy atom. The molecule has 0 saturated carbocycles. The lowest BCUT2D eigenvalue weighted by atomic mass is 10.1. The van der Waals surface area contributed by atoms with Crippen LogP contribution in [0.2, 0.25) is 0 Å². The van der Waals surface area contributed by atoms with Gasteiger partial charge in [-0.1, -0.05) is 42.0 Å². The van der Waals surface area contributed by atoms with Crippen molar-refractivity contribution in [3.8, 4) is 17.0 Å². The first-order valence-electron chi connectivity index (χ1n) is 10.6. The summed E-state index contributed by atoms with van der Waals surface area (Å²) in [6.07, 6.45) is 1.61. The molecule has 1 aliphatic heterocycles. The molecule has 3 aromatic rings. The van der Waals surface area contributed by atoms with E-state index in [1.165, 1.54) is 5.56 Å². The van der Waals surface area contributed by atoms with E-state index in [0.717, 1.165) is 17.1 Å². The van der Waals surface area contributed by atoms with Gasteiger partial charge in [-0.05, 0) is 26.0 Å². The van der Waals surface area contributed by atoms with E-state index in [2.05, 4.69) is 51.4 Å². The lowest BCUT2D eigenvalue weighted by molar-refractivity contribution is 0.208. The van der Waals surface area contributed by atoms with E-state index in [-0.39, 0.29) is 6.03 Å². The number of carbonyl (C=O) groups is 1. The molecule has 4 rings (SSSR count). The van der Waals surface area contributed by atoms with Gasteiger partial charge < -0.3 is 19.9 Å². The summed E-state index contributed by atoms with van der Waals surface area (Å²) >= 11 is 0. The van der Waals surface area contributed by atoms with Gasteiger partial charge in [-0.2, -0.15) is 0 Å². The second kappa shape index (κ2) is 9.47. The number of urea groups is 1. The van der Waals surface area contributed by atoms with Gasteiger partial charge in [0, 0.05) is 37.8 Å². The number of nitrogens with one attached hydrogen (secondary N) is 1. The molecule has 2 amide bonds. The van der Waals surface area contributed by atoms with Crippen molar-refractivity contribution < 1.29 is 9.53 Å². The molecule has 1 saturated heterocycles. The fourth-order valence-electron chi connectivity index (χ4n) is 3.59. The molecule has 2 aromatic carbocycles. The Labute approximate surface area is 182 Å². The van der Waals surface area contributed by atoms with Gasteiger partial charge in [0.1, 0.15) is 17.9 Å². The van der Waals surface area contributed by atoms with Crippen molar-refractivity contribution in [2.75, 3.05) is 43.0 Å². The zero-order valence-corrected chi connectivity index (χ0v) is 17.9. The number of piperazine rings is 1. The third-order valence-electron chi connectivity index (χ3n) is 5.32. The predicted molar refractivity (Wildman–Crippen MR) is 123 cm³/mol. The van der Waals surface area contributed by atoms with Gasteiger partial charge in [0.25, 0.3) is 0 Å². The van der Waals surface area contributed by atoms with Crippen molar-refractivity contribution >= 4 is 17.5 Å². The van der Waals surface area contributed by atoms with Crippen LogP contribution >= 0.6 is 0 Å². The predicted octanol–water partition coefficient (Wildman–Crippen LogP) is 4.20. The zero-order valence-electron chi connectivity index (χ0n) is 17.9. The zero-order chi connectivity index (χ0) is 21.6. The second-order valence-electron chi connectivity index (χ2n) is 7.46. The van der Waals surface area contributed by atoms with Crippen molar-refractivity contribution in [3.63, 3.8) is 0 Å². The van der Waals surface area contributed by atoms with Crippen molar-refractivity contribution in [2.45, 2.75) is 13.8 Å². The molecule has 1 aromatic heterocycles. The fraction of sp³-hybridized carbons (Fsp3) is 0.292. The summed E-state index contributed by atoms with van der Waals surface area (Å²) in [6.45, 7) is 7.21. The molecule has 1 aliphatic rings. The number of nitrogens with zero attached hydrogens (tertiary/aromatic N) is 4. The maximum Gasteiger partial charge on any atom is 0.322 e. The van der Waals surface area contributed by atoms with Crippen LogP contribution in [0.4, 0.5) is 16.3 Å². The average molecular weight is 418 g/mol. The Balaban J connectivity index is 1.38. The highest BCUT2D eigenvalue weighted by Gasteiger charge is 2.23. The molecule has 0 atom stereocenters. The fourth-order valence-corrected chi connectivity index (χ4v) is 3.59. The van der Waals surface area contributed by atoms with E-state index in [4.69, 9.17) is 4.74 Å². The molecular weight excluding hydrogens is 390 g/mol. The van der Waals surface area contributed by atoms with E-state index in [1.54, 1.807) is 6.33 Å². The number of hydrogen-bond donors (Lipinski definition) is 1. The number of para-hydroxylation sites is 2. The summed E-state index contributed by atoms with van der Waals surface area (Å²) in [7, 11) is 0. The van der Waals surface area contributed by atoms with Crippen LogP contribution in [-0.4, -0.2) is 53.7 Å². The standard InChI is InChI=1S/C24H27N5O2/c1-3-31-22-7-5-4-6-20(22)27-24(30)29-14-12-28(13-15-29)23-16-21(25-17-26-23)19-10-8-18(2)9-11-19/h4-11,16-17H,3,12-15H2,1-2H3,(H,27,30). The number of aryl methyl sites for hydroxylation is 1. The van der Waals surface area contributed by atoms with Crippen molar-refractivity contribution in [2.24, 2.45) is 0 Å². The molecule has 0 unspecified atom stereocenters. The molecule has 0 bridgehead atoms. The van der Waals surface area contributed by atoms with Crippen LogP contribution in [0.5, 0.6) is 5.75 Å². The number of ether oxygens (including phenoxy) is 1. The Hall–Kier alpha value is -3.61. The van der Waals surface area contributed by atoms with E-state index in [1.807, 2.05) is 42.2 Å². The minimum absolute atomic E-state index is 0.116. The summed E-state index contributed by atoms with van der Waals surface area (Å²) in [4.78, 5) is 25.6. The number of anilines is 2. The Kier molecular flexibility index (Phi) is 6.31. The minimum Gasteiger partial charge on any atom is -0.492 e. The van der Waals surface area contributed by atoms with Crippen LogP contribution in [0.25, 0.3) is 11.3 Å². The van der Waals surface area contributed by atoms with Gasteiger partial charge in [0.15, 0.2) is 0 Å². The largest absolute Gasteiger partial charge is 0.492 e.